The molecular weight excluding hydrogens is 372 g/mol. The molecule has 2 heterocycles. The first kappa shape index (κ1) is 18.2. The van der Waals surface area contributed by atoms with Crippen molar-refractivity contribution in [1.29, 1.82) is 0 Å². The van der Waals surface area contributed by atoms with Crippen LogP contribution < -0.4 is 10.1 Å². The van der Waals surface area contributed by atoms with Crippen LogP contribution in [0.25, 0.3) is 16.2 Å². The molecule has 142 valence electrons. The number of anilines is 1. The van der Waals surface area contributed by atoms with Crippen molar-refractivity contribution in [3.63, 3.8) is 0 Å². The van der Waals surface area contributed by atoms with Gasteiger partial charge in [0.25, 0.3) is 11.9 Å². The maximum absolute atomic E-state index is 12.2. The molecule has 0 spiro atoms. The Hall–Kier alpha value is -3.19. The summed E-state index contributed by atoms with van der Waals surface area (Å²) in [5.41, 5.74) is 5.52. The van der Waals surface area contributed by atoms with Crippen molar-refractivity contribution in [2.24, 2.45) is 0 Å². The Kier molecular flexibility index (Phi) is 4.83. The van der Waals surface area contributed by atoms with E-state index in [1.165, 1.54) is 22.5 Å². The fraction of sp³-hybridized carbons (Fsp3) is 0.190. The third-order valence-corrected chi connectivity index (χ3v) is 5.17. The smallest absolute Gasteiger partial charge is 0.264 e. The number of benzene rings is 2. The predicted octanol–water partition coefficient (Wildman–Crippen LogP) is 4.40. The minimum absolute atomic E-state index is 0.0970. The van der Waals surface area contributed by atoms with Crippen LogP contribution in [-0.2, 0) is 4.79 Å². The SMILES string of the molecule is Cc1cccc(OCC(=O)Nc2nc3scc(-c4ccc(C)cc4C)n3n2)c1. The standard InChI is InChI=1S/C21H20N4O2S/c1-13-5-4-6-16(10-13)27-11-19(26)22-20-23-21-25(24-20)18(12-28-21)17-8-7-14(2)9-15(17)3/h4-10,12H,11H2,1-3H3,(H,22,24,26). The van der Waals surface area contributed by atoms with Crippen LogP contribution >= 0.6 is 11.3 Å². The third kappa shape index (κ3) is 3.75. The third-order valence-electron chi connectivity index (χ3n) is 4.35. The molecule has 0 atom stereocenters. The first-order chi connectivity index (χ1) is 13.5. The minimum atomic E-state index is -0.298. The number of thiazole rings is 1. The number of nitrogens with one attached hydrogen (secondary N) is 1. The van der Waals surface area contributed by atoms with Crippen molar-refractivity contribution < 1.29 is 9.53 Å². The van der Waals surface area contributed by atoms with Gasteiger partial charge in [-0.05, 0) is 44.0 Å². The summed E-state index contributed by atoms with van der Waals surface area (Å²) in [4.78, 5) is 17.3. The second-order valence-electron chi connectivity index (χ2n) is 6.72. The summed E-state index contributed by atoms with van der Waals surface area (Å²) in [5, 5.41) is 9.18. The highest BCUT2D eigenvalue weighted by molar-refractivity contribution is 7.15. The molecular formula is C21H20N4O2S. The summed E-state index contributed by atoms with van der Waals surface area (Å²) in [7, 11) is 0. The molecule has 0 unspecified atom stereocenters. The number of aryl methyl sites for hydroxylation is 3. The Morgan fingerprint density at radius 1 is 1.14 bits per heavy atom. The van der Waals surface area contributed by atoms with E-state index >= 15 is 0 Å². The summed E-state index contributed by atoms with van der Waals surface area (Å²) in [6.07, 6.45) is 0. The lowest BCUT2D eigenvalue weighted by atomic mass is 10.0. The van der Waals surface area contributed by atoms with Gasteiger partial charge in [-0.1, -0.05) is 35.9 Å². The molecule has 6 nitrogen and oxygen atoms in total. The van der Waals surface area contributed by atoms with Gasteiger partial charge in [0.2, 0.25) is 4.96 Å². The van der Waals surface area contributed by atoms with E-state index in [0.717, 1.165) is 21.8 Å². The van der Waals surface area contributed by atoms with E-state index in [1.54, 1.807) is 4.52 Å². The van der Waals surface area contributed by atoms with Gasteiger partial charge in [-0.2, -0.15) is 4.98 Å². The number of hydrogen-bond donors (Lipinski definition) is 1. The second kappa shape index (κ2) is 7.44. The molecule has 0 aliphatic heterocycles. The molecule has 1 amide bonds. The molecule has 0 saturated carbocycles. The average molecular weight is 392 g/mol. The van der Waals surface area contributed by atoms with Gasteiger partial charge >= 0.3 is 0 Å². The summed E-state index contributed by atoms with van der Waals surface area (Å²) in [5.74, 6) is 0.634. The van der Waals surface area contributed by atoms with Crippen molar-refractivity contribution >= 4 is 28.2 Å². The molecule has 2 aromatic carbocycles. The zero-order chi connectivity index (χ0) is 19.7. The number of nitrogens with zero attached hydrogens (tertiary/aromatic N) is 3. The molecule has 7 heteroatoms. The molecule has 0 radical (unpaired) electrons. The molecule has 0 saturated heterocycles. The van der Waals surface area contributed by atoms with Gasteiger partial charge < -0.3 is 4.74 Å². The van der Waals surface area contributed by atoms with Gasteiger partial charge in [-0.3, -0.25) is 10.1 Å². The average Bonchev–Trinajstić information content (AvgIpc) is 3.21. The summed E-state index contributed by atoms with van der Waals surface area (Å²) in [6, 6.07) is 13.9. The van der Waals surface area contributed by atoms with Crippen LogP contribution in [0.15, 0.2) is 47.8 Å². The number of amides is 1. The molecule has 4 rings (SSSR count). The Labute approximate surface area is 166 Å². The van der Waals surface area contributed by atoms with Gasteiger partial charge in [0.05, 0.1) is 5.69 Å². The highest BCUT2D eigenvalue weighted by Crippen LogP contribution is 2.28. The van der Waals surface area contributed by atoms with E-state index in [2.05, 4.69) is 47.4 Å². The number of carbonyl (C=O) groups excluding carboxylic acids is 1. The molecule has 28 heavy (non-hydrogen) atoms. The second-order valence-corrected chi connectivity index (χ2v) is 7.56. The zero-order valence-corrected chi connectivity index (χ0v) is 16.7. The molecule has 1 N–H and O–H groups in total. The Morgan fingerprint density at radius 3 is 2.75 bits per heavy atom. The van der Waals surface area contributed by atoms with Crippen LogP contribution in [-0.4, -0.2) is 27.1 Å². The fourth-order valence-corrected chi connectivity index (χ4v) is 3.86. The van der Waals surface area contributed by atoms with Crippen LogP contribution in [0, 0.1) is 20.8 Å². The van der Waals surface area contributed by atoms with Gasteiger partial charge in [-0.15, -0.1) is 16.4 Å². The maximum Gasteiger partial charge on any atom is 0.264 e. The first-order valence-electron chi connectivity index (χ1n) is 8.91. The molecule has 0 fully saturated rings. The number of ether oxygens (including phenoxy) is 1. The minimum Gasteiger partial charge on any atom is -0.484 e. The molecule has 0 aliphatic carbocycles. The lowest BCUT2D eigenvalue weighted by Crippen LogP contribution is -2.21. The van der Waals surface area contributed by atoms with E-state index in [-0.39, 0.29) is 18.5 Å². The van der Waals surface area contributed by atoms with Crippen LogP contribution in [0.4, 0.5) is 5.95 Å². The van der Waals surface area contributed by atoms with E-state index in [4.69, 9.17) is 4.74 Å². The van der Waals surface area contributed by atoms with Crippen molar-refractivity contribution in [1.82, 2.24) is 14.6 Å². The van der Waals surface area contributed by atoms with Crippen LogP contribution in [0.1, 0.15) is 16.7 Å². The highest BCUT2D eigenvalue weighted by atomic mass is 32.1. The quantitative estimate of drug-likeness (QED) is 0.547. The lowest BCUT2D eigenvalue weighted by molar-refractivity contribution is -0.118. The van der Waals surface area contributed by atoms with Gasteiger partial charge in [0.15, 0.2) is 6.61 Å². The van der Waals surface area contributed by atoms with Crippen molar-refractivity contribution in [3.8, 4) is 17.0 Å². The van der Waals surface area contributed by atoms with Crippen molar-refractivity contribution in [3.05, 3.63) is 64.5 Å². The number of hydrogen-bond acceptors (Lipinski definition) is 5. The van der Waals surface area contributed by atoms with Gasteiger partial charge in [0, 0.05) is 10.9 Å². The molecule has 4 aromatic rings. The molecule has 2 aromatic heterocycles. The Balaban J connectivity index is 1.49. The summed E-state index contributed by atoms with van der Waals surface area (Å²) >= 11 is 1.49. The number of rotatable bonds is 5. The largest absolute Gasteiger partial charge is 0.484 e. The zero-order valence-electron chi connectivity index (χ0n) is 15.9. The Morgan fingerprint density at radius 2 is 1.96 bits per heavy atom. The van der Waals surface area contributed by atoms with Gasteiger partial charge in [-0.25, -0.2) is 4.52 Å². The van der Waals surface area contributed by atoms with Crippen molar-refractivity contribution in [2.75, 3.05) is 11.9 Å². The summed E-state index contributed by atoms with van der Waals surface area (Å²) < 4.78 is 7.29. The van der Waals surface area contributed by atoms with Crippen LogP contribution in [0.3, 0.4) is 0 Å². The highest BCUT2D eigenvalue weighted by Gasteiger charge is 2.15. The number of fused-ring (bicyclic) bond motifs is 1. The Bertz CT molecular complexity index is 1160. The number of carbonyl (C=O) groups is 1. The predicted molar refractivity (Wildman–Crippen MR) is 111 cm³/mol. The fourth-order valence-electron chi connectivity index (χ4n) is 3.04. The van der Waals surface area contributed by atoms with E-state index in [1.807, 2.05) is 36.6 Å². The normalized spacial score (nSPS) is 11.0. The van der Waals surface area contributed by atoms with E-state index in [0.29, 0.717) is 5.75 Å². The molecule has 0 bridgehead atoms. The van der Waals surface area contributed by atoms with Crippen LogP contribution in [0.5, 0.6) is 5.75 Å². The molecule has 0 aliphatic rings. The topological polar surface area (TPSA) is 68.5 Å². The van der Waals surface area contributed by atoms with E-state index in [9.17, 15) is 4.79 Å². The summed E-state index contributed by atoms with van der Waals surface area (Å²) in [6.45, 7) is 6.03. The van der Waals surface area contributed by atoms with Crippen molar-refractivity contribution in [2.45, 2.75) is 20.8 Å². The van der Waals surface area contributed by atoms with E-state index < -0.39 is 0 Å². The maximum atomic E-state index is 12.2. The first-order valence-corrected chi connectivity index (χ1v) is 9.79. The monoisotopic (exact) mass is 392 g/mol. The van der Waals surface area contributed by atoms with Gasteiger partial charge in [0.1, 0.15) is 5.75 Å². The lowest BCUT2D eigenvalue weighted by Gasteiger charge is -2.06. The van der Waals surface area contributed by atoms with Crippen LogP contribution in [0.2, 0.25) is 0 Å². The number of aromatic nitrogens is 3.